The summed E-state index contributed by atoms with van der Waals surface area (Å²) in [6, 6.07) is 13.9. The fraction of sp³-hybridized carbons (Fsp3) is 0. The second kappa shape index (κ2) is 5.55. The zero-order chi connectivity index (χ0) is 14.5. The van der Waals surface area contributed by atoms with Gasteiger partial charge in [-0.2, -0.15) is 10.5 Å². The average Bonchev–Trinajstić information content (AvgIpc) is 2.47. The molecule has 0 atom stereocenters. The summed E-state index contributed by atoms with van der Waals surface area (Å²) in [5.74, 6) is -1.08. The van der Waals surface area contributed by atoms with Crippen molar-refractivity contribution in [3.8, 4) is 12.1 Å². The molecule has 0 unspecified atom stereocenters. The summed E-state index contributed by atoms with van der Waals surface area (Å²) in [5.41, 5.74) is 0.309. The molecule has 0 bridgehead atoms. The van der Waals surface area contributed by atoms with Gasteiger partial charge in [-0.05, 0) is 16.8 Å². The number of carbonyl (C=O) groups is 1. The van der Waals surface area contributed by atoms with Gasteiger partial charge in [0.1, 0.15) is 17.7 Å². The van der Waals surface area contributed by atoms with Crippen LogP contribution in [0.2, 0.25) is 0 Å². The first-order valence-corrected chi connectivity index (χ1v) is 5.69. The Labute approximate surface area is 115 Å². The predicted molar refractivity (Wildman–Crippen MR) is 73.8 cm³/mol. The van der Waals surface area contributed by atoms with Crippen molar-refractivity contribution in [3.05, 3.63) is 53.7 Å². The van der Waals surface area contributed by atoms with Crippen LogP contribution in [0.15, 0.2) is 48.2 Å². The molecule has 0 heterocycles. The second-order valence-corrected chi connectivity index (χ2v) is 3.94. The number of allylic oxidation sites excluding steroid dienone is 1. The monoisotopic (exact) mass is 263 g/mol. The minimum Gasteiger partial charge on any atom is -0.478 e. The van der Waals surface area contributed by atoms with Crippen LogP contribution in [0.25, 0.3) is 10.8 Å². The number of hydrogen-bond acceptors (Lipinski definition) is 4. The molecule has 0 aliphatic carbocycles. The van der Waals surface area contributed by atoms with Crippen molar-refractivity contribution >= 4 is 22.4 Å². The molecule has 2 aromatic carbocycles. The molecule has 0 spiro atoms. The van der Waals surface area contributed by atoms with Crippen LogP contribution in [0.4, 0.5) is 5.69 Å². The van der Waals surface area contributed by atoms with Gasteiger partial charge in [-0.3, -0.25) is 0 Å². The van der Waals surface area contributed by atoms with Crippen molar-refractivity contribution in [2.75, 3.05) is 5.32 Å². The lowest BCUT2D eigenvalue weighted by atomic mass is 10.0. The molecule has 0 amide bonds. The van der Waals surface area contributed by atoms with Crippen LogP contribution in [-0.2, 0) is 0 Å². The van der Waals surface area contributed by atoms with E-state index in [1.807, 2.05) is 12.1 Å². The van der Waals surface area contributed by atoms with Crippen molar-refractivity contribution in [1.82, 2.24) is 0 Å². The van der Waals surface area contributed by atoms with E-state index in [0.29, 0.717) is 11.1 Å². The molecular weight excluding hydrogens is 254 g/mol. The zero-order valence-corrected chi connectivity index (χ0v) is 10.3. The molecule has 0 saturated heterocycles. The van der Waals surface area contributed by atoms with Crippen molar-refractivity contribution in [1.29, 1.82) is 10.5 Å². The van der Waals surface area contributed by atoms with E-state index < -0.39 is 5.97 Å². The fourth-order valence-corrected chi connectivity index (χ4v) is 1.86. The molecule has 96 valence electrons. The van der Waals surface area contributed by atoms with E-state index in [9.17, 15) is 9.90 Å². The van der Waals surface area contributed by atoms with Crippen LogP contribution in [0.5, 0.6) is 0 Å². The van der Waals surface area contributed by atoms with Crippen molar-refractivity contribution < 1.29 is 9.90 Å². The Kier molecular flexibility index (Phi) is 3.65. The Morgan fingerprint density at radius 2 is 1.85 bits per heavy atom. The van der Waals surface area contributed by atoms with Crippen LogP contribution in [-0.4, -0.2) is 11.1 Å². The third-order valence-electron chi connectivity index (χ3n) is 2.76. The van der Waals surface area contributed by atoms with Crippen molar-refractivity contribution in [2.24, 2.45) is 0 Å². The minimum atomic E-state index is -1.08. The molecule has 5 heteroatoms. The van der Waals surface area contributed by atoms with Gasteiger partial charge in [0.05, 0.1) is 11.3 Å². The predicted octanol–water partition coefficient (Wildman–Crippen LogP) is 2.88. The fourth-order valence-electron chi connectivity index (χ4n) is 1.86. The van der Waals surface area contributed by atoms with Gasteiger partial charge in [-0.25, -0.2) is 4.79 Å². The SMILES string of the molecule is N#CC(C#N)=CNc1ccc2ccccc2c1C(=O)O. The number of nitrogens with one attached hydrogen (secondary N) is 1. The van der Waals surface area contributed by atoms with Crippen LogP contribution < -0.4 is 5.32 Å². The molecule has 5 nitrogen and oxygen atoms in total. The Bertz CT molecular complexity index is 779. The maximum Gasteiger partial charge on any atom is 0.338 e. The van der Waals surface area contributed by atoms with E-state index in [1.165, 1.54) is 6.20 Å². The van der Waals surface area contributed by atoms with E-state index in [1.54, 1.807) is 36.4 Å². The number of nitrogens with zero attached hydrogens (tertiary/aromatic N) is 2. The molecule has 20 heavy (non-hydrogen) atoms. The Hall–Kier alpha value is -3.31. The van der Waals surface area contributed by atoms with E-state index >= 15 is 0 Å². The van der Waals surface area contributed by atoms with Crippen LogP contribution in [0.1, 0.15) is 10.4 Å². The lowest BCUT2D eigenvalue weighted by Crippen LogP contribution is -2.03. The van der Waals surface area contributed by atoms with Gasteiger partial charge in [0.15, 0.2) is 0 Å². The van der Waals surface area contributed by atoms with Crippen molar-refractivity contribution in [3.63, 3.8) is 0 Å². The number of aromatic carboxylic acids is 1. The summed E-state index contributed by atoms with van der Waals surface area (Å²) in [7, 11) is 0. The molecule has 0 aromatic heterocycles. The smallest absolute Gasteiger partial charge is 0.338 e. The van der Waals surface area contributed by atoms with Crippen LogP contribution in [0.3, 0.4) is 0 Å². The average molecular weight is 263 g/mol. The molecular formula is C15H9N3O2. The van der Waals surface area contributed by atoms with E-state index in [0.717, 1.165) is 5.39 Å². The third kappa shape index (κ3) is 2.43. The standard InChI is InChI=1S/C15H9N3O2/c16-7-10(8-17)9-18-13-6-5-11-3-1-2-4-12(11)14(13)15(19)20/h1-6,9,18H,(H,19,20). The number of fused-ring (bicyclic) bond motifs is 1. The van der Waals surface area contributed by atoms with E-state index in [4.69, 9.17) is 10.5 Å². The van der Waals surface area contributed by atoms with E-state index in [2.05, 4.69) is 5.32 Å². The first-order chi connectivity index (χ1) is 9.67. The first kappa shape index (κ1) is 13.1. The third-order valence-corrected chi connectivity index (χ3v) is 2.76. The number of rotatable bonds is 3. The second-order valence-electron chi connectivity index (χ2n) is 3.94. The normalized spacial score (nSPS) is 9.30. The summed E-state index contributed by atoms with van der Waals surface area (Å²) < 4.78 is 0. The van der Waals surface area contributed by atoms with Crippen LogP contribution in [0, 0.1) is 22.7 Å². The number of hydrogen-bond donors (Lipinski definition) is 2. The van der Waals surface area contributed by atoms with Gasteiger partial charge in [0.2, 0.25) is 0 Å². The zero-order valence-electron chi connectivity index (χ0n) is 10.3. The van der Waals surface area contributed by atoms with Gasteiger partial charge < -0.3 is 10.4 Å². The highest BCUT2D eigenvalue weighted by molar-refractivity contribution is 6.08. The van der Waals surface area contributed by atoms with Crippen LogP contribution >= 0.6 is 0 Å². The molecule has 0 aliphatic heterocycles. The molecule has 0 saturated carbocycles. The minimum absolute atomic E-state index is 0.106. The summed E-state index contributed by atoms with van der Waals surface area (Å²) in [5, 5.41) is 30.8. The highest BCUT2D eigenvalue weighted by Crippen LogP contribution is 2.26. The number of carboxylic acid groups (broad SMARTS) is 1. The number of nitriles is 2. The molecule has 0 radical (unpaired) electrons. The van der Waals surface area contributed by atoms with Gasteiger partial charge in [0, 0.05) is 6.20 Å². The number of benzene rings is 2. The van der Waals surface area contributed by atoms with Gasteiger partial charge in [-0.1, -0.05) is 30.3 Å². The van der Waals surface area contributed by atoms with Gasteiger partial charge >= 0.3 is 5.97 Å². The van der Waals surface area contributed by atoms with Gasteiger partial charge in [0.25, 0.3) is 0 Å². The molecule has 0 aliphatic rings. The molecule has 2 aromatic rings. The molecule has 2 rings (SSSR count). The summed E-state index contributed by atoms with van der Waals surface area (Å²) in [6.45, 7) is 0. The quantitative estimate of drug-likeness (QED) is 0.830. The topological polar surface area (TPSA) is 96.9 Å². The van der Waals surface area contributed by atoms with E-state index in [-0.39, 0.29) is 11.1 Å². The Balaban J connectivity index is 2.58. The van der Waals surface area contributed by atoms with Crippen molar-refractivity contribution in [2.45, 2.75) is 0 Å². The number of anilines is 1. The largest absolute Gasteiger partial charge is 0.478 e. The first-order valence-electron chi connectivity index (χ1n) is 5.69. The Morgan fingerprint density at radius 3 is 2.50 bits per heavy atom. The lowest BCUT2D eigenvalue weighted by Gasteiger charge is -2.09. The lowest BCUT2D eigenvalue weighted by molar-refractivity contribution is 0.0700. The highest BCUT2D eigenvalue weighted by Gasteiger charge is 2.13. The summed E-state index contributed by atoms with van der Waals surface area (Å²) in [4.78, 5) is 11.4. The Morgan fingerprint density at radius 1 is 1.15 bits per heavy atom. The maximum absolute atomic E-state index is 11.4. The highest BCUT2D eigenvalue weighted by atomic mass is 16.4. The van der Waals surface area contributed by atoms with Gasteiger partial charge in [-0.15, -0.1) is 0 Å². The molecule has 2 N–H and O–H groups in total. The summed E-state index contributed by atoms with van der Waals surface area (Å²) >= 11 is 0. The maximum atomic E-state index is 11.4. The summed E-state index contributed by atoms with van der Waals surface area (Å²) in [6.07, 6.45) is 1.19. The molecule has 0 fully saturated rings. The number of carboxylic acids is 1.